The van der Waals surface area contributed by atoms with Gasteiger partial charge in [0, 0.05) is 19.2 Å². The number of ether oxygens (including phenoxy) is 1. The predicted molar refractivity (Wildman–Crippen MR) is 70.6 cm³/mol. The summed E-state index contributed by atoms with van der Waals surface area (Å²) in [5, 5.41) is 12.2. The first kappa shape index (κ1) is 14.0. The maximum atomic E-state index is 8.82. The van der Waals surface area contributed by atoms with Gasteiger partial charge in [-0.05, 0) is 37.0 Å². The van der Waals surface area contributed by atoms with Crippen LogP contribution in [0.1, 0.15) is 31.7 Å². The second-order valence-electron chi connectivity index (χ2n) is 4.50. The Kier molecular flexibility index (Phi) is 6.01. The van der Waals surface area contributed by atoms with Crippen molar-refractivity contribution in [2.24, 2.45) is 0 Å². The van der Waals surface area contributed by atoms with Crippen LogP contribution in [0.3, 0.4) is 0 Å². The fourth-order valence-electron chi connectivity index (χ4n) is 1.72. The Labute approximate surface area is 104 Å². The van der Waals surface area contributed by atoms with Crippen LogP contribution in [0.15, 0.2) is 24.3 Å². The topological polar surface area (TPSA) is 41.5 Å². The van der Waals surface area contributed by atoms with Crippen LogP contribution in [0.2, 0.25) is 0 Å². The molecule has 0 fully saturated rings. The summed E-state index contributed by atoms with van der Waals surface area (Å²) in [6.45, 7) is 5.45. The number of methoxy groups -OCH3 is 1. The van der Waals surface area contributed by atoms with E-state index in [0.29, 0.717) is 12.0 Å². The second kappa shape index (κ2) is 7.30. The molecule has 1 rings (SSSR count). The zero-order chi connectivity index (χ0) is 12.7. The van der Waals surface area contributed by atoms with Crippen molar-refractivity contribution in [2.45, 2.75) is 32.2 Å². The summed E-state index contributed by atoms with van der Waals surface area (Å²) in [5.41, 5.74) is 1.30. The Morgan fingerprint density at radius 2 is 1.88 bits per heavy atom. The summed E-state index contributed by atoms with van der Waals surface area (Å²) >= 11 is 0. The Morgan fingerprint density at radius 1 is 1.24 bits per heavy atom. The molecule has 0 aromatic heterocycles. The number of nitrogens with one attached hydrogen (secondary N) is 1. The van der Waals surface area contributed by atoms with Crippen LogP contribution < -0.4 is 10.1 Å². The van der Waals surface area contributed by atoms with E-state index in [4.69, 9.17) is 9.84 Å². The van der Waals surface area contributed by atoms with Crippen molar-refractivity contribution in [3.05, 3.63) is 29.8 Å². The lowest BCUT2D eigenvalue weighted by molar-refractivity contribution is 0.268. The maximum Gasteiger partial charge on any atom is 0.118 e. The van der Waals surface area contributed by atoms with Gasteiger partial charge in [0.15, 0.2) is 0 Å². The lowest BCUT2D eigenvalue weighted by atomic mass is 10.0. The van der Waals surface area contributed by atoms with E-state index in [1.807, 2.05) is 12.1 Å². The smallest absolute Gasteiger partial charge is 0.118 e. The summed E-state index contributed by atoms with van der Waals surface area (Å²) in [6.07, 6.45) is 0.801. The van der Waals surface area contributed by atoms with Crippen LogP contribution in [-0.4, -0.2) is 31.4 Å². The van der Waals surface area contributed by atoms with Gasteiger partial charge in [0.05, 0.1) is 7.11 Å². The first-order valence-corrected chi connectivity index (χ1v) is 6.15. The Balaban J connectivity index is 2.43. The van der Waals surface area contributed by atoms with Gasteiger partial charge in [-0.1, -0.05) is 19.1 Å². The number of hydrogen-bond donors (Lipinski definition) is 2. The van der Waals surface area contributed by atoms with Gasteiger partial charge in [-0.15, -0.1) is 0 Å². The van der Waals surface area contributed by atoms with Crippen molar-refractivity contribution in [1.82, 2.24) is 5.32 Å². The molecule has 1 unspecified atom stereocenters. The molecule has 3 heteroatoms. The summed E-state index contributed by atoms with van der Waals surface area (Å²) in [7, 11) is 1.68. The molecule has 0 heterocycles. The standard InChI is InChI=1S/C14H23NO2/c1-11(10-15-12(2)8-9-16)13-4-6-14(17-3)7-5-13/h4-7,11-12,15-16H,8-10H2,1-3H3/t11?,12-/m1/s1. The molecule has 17 heavy (non-hydrogen) atoms. The number of benzene rings is 1. The average molecular weight is 237 g/mol. The molecule has 96 valence electrons. The third kappa shape index (κ3) is 4.75. The van der Waals surface area contributed by atoms with Crippen molar-refractivity contribution >= 4 is 0 Å². The third-order valence-electron chi connectivity index (χ3n) is 3.02. The zero-order valence-electron chi connectivity index (χ0n) is 10.9. The van der Waals surface area contributed by atoms with E-state index in [1.54, 1.807) is 7.11 Å². The van der Waals surface area contributed by atoms with Crippen LogP contribution in [0.25, 0.3) is 0 Å². The largest absolute Gasteiger partial charge is 0.497 e. The fraction of sp³-hybridized carbons (Fsp3) is 0.571. The molecule has 1 aromatic rings. The van der Waals surface area contributed by atoms with Crippen LogP contribution >= 0.6 is 0 Å². The molecule has 0 saturated heterocycles. The molecule has 0 aliphatic rings. The Bertz CT molecular complexity index is 311. The lowest BCUT2D eigenvalue weighted by Gasteiger charge is -2.17. The summed E-state index contributed by atoms with van der Waals surface area (Å²) < 4.78 is 5.14. The van der Waals surface area contributed by atoms with Crippen molar-refractivity contribution in [2.75, 3.05) is 20.3 Å². The van der Waals surface area contributed by atoms with Crippen molar-refractivity contribution in [1.29, 1.82) is 0 Å². The minimum absolute atomic E-state index is 0.241. The number of aliphatic hydroxyl groups excluding tert-OH is 1. The van der Waals surface area contributed by atoms with Crippen LogP contribution in [0.5, 0.6) is 5.75 Å². The van der Waals surface area contributed by atoms with Gasteiger partial charge < -0.3 is 15.2 Å². The second-order valence-corrected chi connectivity index (χ2v) is 4.50. The van der Waals surface area contributed by atoms with Gasteiger partial charge in [-0.3, -0.25) is 0 Å². The van der Waals surface area contributed by atoms with E-state index in [1.165, 1.54) is 5.56 Å². The highest BCUT2D eigenvalue weighted by Crippen LogP contribution is 2.18. The molecule has 0 bridgehead atoms. The van der Waals surface area contributed by atoms with Crippen molar-refractivity contribution in [3.8, 4) is 5.75 Å². The summed E-state index contributed by atoms with van der Waals surface area (Å²) in [6, 6.07) is 8.54. The van der Waals surface area contributed by atoms with E-state index in [9.17, 15) is 0 Å². The zero-order valence-corrected chi connectivity index (χ0v) is 10.9. The highest BCUT2D eigenvalue weighted by atomic mass is 16.5. The monoisotopic (exact) mass is 237 g/mol. The molecule has 0 amide bonds. The van der Waals surface area contributed by atoms with Gasteiger partial charge in [0.2, 0.25) is 0 Å². The maximum absolute atomic E-state index is 8.82. The Morgan fingerprint density at radius 3 is 2.41 bits per heavy atom. The van der Waals surface area contributed by atoms with Crippen molar-refractivity contribution in [3.63, 3.8) is 0 Å². The quantitative estimate of drug-likeness (QED) is 0.763. The van der Waals surface area contributed by atoms with Gasteiger partial charge in [0.25, 0.3) is 0 Å². The van der Waals surface area contributed by atoms with E-state index in [-0.39, 0.29) is 6.61 Å². The van der Waals surface area contributed by atoms with Gasteiger partial charge in [-0.25, -0.2) is 0 Å². The number of hydrogen-bond acceptors (Lipinski definition) is 3. The predicted octanol–water partition coefficient (Wildman–Crippen LogP) is 2.16. The van der Waals surface area contributed by atoms with Gasteiger partial charge in [0.1, 0.15) is 5.75 Å². The Hall–Kier alpha value is -1.06. The minimum Gasteiger partial charge on any atom is -0.497 e. The highest BCUT2D eigenvalue weighted by Gasteiger charge is 2.07. The highest BCUT2D eigenvalue weighted by molar-refractivity contribution is 5.29. The minimum atomic E-state index is 0.241. The average Bonchev–Trinajstić information content (AvgIpc) is 2.36. The van der Waals surface area contributed by atoms with E-state index < -0.39 is 0 Å². The normalized spacial score (nSPS) is 14.4. The first-order chi connectivity index (χ1) is 8.17. The molecule has 2 N–H and O–H groups in total. The summed E-state index contributed by atoms with van der Waals surface area (Å²) in [5.74, 6) is 1.35. The first-order valence-electron chi connectivity index (χ1n) is 6.15. The molecule has 0 radical (unpaired) electrons. The van der Waals surface area contributed by atoms with E-state index in [2.05, 4.69) is 31.3 Å². The SMILES string of the molecule is COc1ccc(C(C)CN[C@H](C)CCO)cc1. The van der Waals surface area contributed by atoms with Gasteiger partial charge >= 0.3 is 0 Å². The molecule has 2 atom stereocenters. The van der Waals surface area contributed by atoms with Crippen molar-refractivity contribution < 1.29 is 9.84 Å². The van der Waals surface area contributed by atoms with Gasteiger partial charge in [-0.2, -0.15) is 0 Å². The van der Waals surface area contributed by atoms with Crippen LogP contribution in [-0.2, 0) is 0 Å². The molecule has 0 spiro atoms. The molecular formula is C14H23NO2. The molecule has 0 saturated carbocycles. The fourth-order valence-corrected chi connectivity index (χ4v) is 1.72. The molecule has 0 aliphatic heterocycles. The van der Waals surface area contributed by atoms with Crippen LogP contribution in [0.4, 0.5) is 0 Å². The summed E-state index contributed by atoms with van der Waals surface area (Å²) in [4.78, 5) is 0. The third-order valence-corrected chi connectivity index (χ3v) is 3.02. The molecule has 3 nitrogen and oxygen atoms in total. The molecule has 1 aromatic carbocycles. The lowest BCUT2D eigenvalue weighted by Crippen LogP contribution is -2.30. The van der Waals surface area contributed by atoms with E-state index >= 15 is 0 Å². The van der Waals surface area contributed by atoms with E-state index in [0.717, 1.165) is 18.7 Å². The molecule has 0 aliphatic carbocycles. The number of rotatable bonds is 7. The molecular weight excluding hydrogens is 214 g/mol. The number of aliphatic hydroxyl groups is 1. The van der Waals surface area contributed by atoms with Crippen LogP contribution in [0, 0.1) is 0 Å².